The third-order valence-electron chi connectivity index (χ3n) is 4.92. The fourth-order valence-corrected chi connectivity index (χ4v) is 3.45. The number of hydrogen-bond donors (Lipinski definition) is 2. The summed E-state index contributed by atoms with van der Waals surface area (Å²) in [7, 11) is 0. The van der Waals surface area contributed by atoms with Gasteiger partial charge in [-0.1, -0.05) is 23.7 Å². The van der Waals surface area contributed by atoms with E-state index in [1.807, 2.05) is 18.2 Å². The number of ether oxygens (including phenoxy) is 1. The highest BCUT2D eigenvalue weighted by atomic mass is 35.5. The van der Waals surface area contributed by atoms with Gasteiger partial charge in [-0.25, -0.2) is 0 Å². The predicted octanol–water partition coefficient (Wildman–Crippen LogP) is 2.21. The maximum atomic E-state index is 10.1. The van der Waals surface area contributed by atoms with Crippen molar-refractivity contribution in [3.63, 3.8) is 0 Å². The summed E-state index contributed by atoms with van der Waals surface area (Å²) in [6.45, 7) is 7.86. The monoisotopic (exact) mass is 394 g/mol. The van der Waals surface area contributed by atoms with Crippen LogP contribution in [-0.4, -0.2) is 74.6 Å². The van der Waals surface area contributed by atoms with Gasteiger partial charge in [0.2, 0.25) is 0 Å². The second-order valence-corrected chi connectivity index (χ2v) is 7.66. The molecular formula is C20H31ClN4O2. The zero-order valence-corrected chi connectivity index (χ0v) is 16.9. The van der Waals surface area contributed by atoms with Crippen LogP contribution in [0.2, 0.25) is 5.02 Å². The molecule has 1 aromatic rings. The van der Waals surface area contributed by atoms with Crippen molar-refractivity contribution in [3.05, 3.63) is 29.3 Å². The Kier molecular flexibility index (Phi) is 7.61. The number of anilines is 1. The molecule has 1 saturated heterocycles. The molecular weight excluding hydrogens is 364 g/mol. The molecule has 2 aliphatic rings. The van der Waals surface area contributed by atoms with Gasteiger partial charge >= 0.3 is 0 Å². The molecule has 0 radical (unpaired) electrons. The first kappa shape index (κ1) is 20.2. The zero-order chi connectivity index (χ0) is 19.1. The van der Waals surface area contributed by atoms with Crippen LogP contribution in [0.3, 0.4) is 0 Å². The van der Waals surface area contributed by atoms with Crippen molar-refractivity contribution in [2.24, 2.45) is 10.9 Å². The fourth-order valence-electron chi connectivity index (χ4n) is 3.19. The molecule has 0 spiro atoms. The molecule has 1 aliphatic heterocycles. The Bertz CT molecular complexity index is 616. The van der Waals surface area contributed by atoms with Gasteiger partial charge in [0.25, 0.3) is 0 Å². The molecule has 0 amide bonds. The van der Waals surface area contributed by atoms with E-state index >= 15 is 0 Å². The minimum absolute atomic E-state index is 0.359. The van der Waals surface area contributed by atoms with Gasteiger partial charge in [0, 0.05) is 39.3 Å². The molecule has 1 aromatic carbocycles. The standard InChI is InChI=1S/C20H31ClN4O2/c1-2-22-20(23-13-17(26)15-27-14-16-7-8-16)25-11-9-24(10-12-25)19-6-4-3-5-18(19)21/h3-6,16-17,26H,2,7-15H2,1H3,(H,22,23). The smallest absolute Gasteiger partial charge is 0.194 e. The largest absolute Gasteiger partial charge is 0.389 e. The van der Waals surface area contributed by atoms with Gasteiger partial charge in [0.05, 0.1) is 30.0 Å². The van der Waals surface area contributed by atoms with Gasteiger partial charge in [-0.15, -0.1) is 0 Å². The van der Waals surface area contributed by atoms with E-state index in [1.54, 1.807) is 0 Å². The first-order valence-corrected chi connectivity index (χ1v) is 10.3. The molecule has 0 bridgehead atoms. The van der Waals surface area contributed by atoms with Gasteiger partial charge < -0.3 is 25.0 Å². The molecule has 7 heteroatoms. The van der Waals surface area contributed by atoms with Crippen molar-refractivity contribution >= 4 is 23.2 Å². The second-order valence-electron chi connectivity index (χ2n) is 7.25. The Hall–Kier alpha value is -1.50. The number of para-hydroxylation sites is 1. The van der Waals surface area contributed by atoms with Gasteiger partial charge in [-0.05, 0) is 37.8 Å². The van der Waals surface area contributed by atoms with Crippen LogP contribution in [0.15, 0.2) is 29.3 Å². The number of rotatable bonds is 8. The third kappa shape index (κ3) is 6.26. The average molecular weight is 395 g/mol. The lowest BCUT2D eigenvalue weighted by atomic mass is 10.2. The first-order chi connectivity index (χ1) is 13.2. The van der Waals surface area contributed by atoms with Gasteiger partial charge in [-0.3, -0.25) is 4.99 Å². The Morgan fingerprint density at radius 2 is 2.04 bits per heavy atom. The topological polar surface area (TPSA) is 60.3 Å². The Morgan fingerprint density at radius 3 is 2.70 bits per heavy atom. The summed E-state index contributed by atoms with van der Waals surface area (Å²) in [6, 6.07) is 7.97. The number of aliphatic hydroxyl groups excluding tert-OH is 1. The number of hydrogen-bond acceptors (Lipinski definition) is 4. The Balaban J connectivity index is 1.48. The van der Waals surface area contributed by atoms with Crippen LogP contribution < -0.4 is 10.2 Å². The summed E-state index contributed by atoms with van der Waals surface area (Å²) in [6.07, 6.45) is 1.97. The van der Waals surface area contributed by atoms with Gasteiger partial charge in [-0.2, -0.15) is 0 Å². The van der Waals surface area contributed by atoms with Gasteiger partial charge in [0.1, 0.15) is 0 Å². The maximum Gasteiger partial charge on any atom is 0.194 e. The van der Waals surface area contributed by atoms with E-state index < -0.39 is 6.10 Å². The quantitative estimate of drug-likeness (QED) is 0.523. The van der Waals surface area contributed by atoms with Crippen molar-refractivity contribution in [3.8, 4) is 0 Å². The summed E-state index contributed by atoms with van der Waals surface area (Å²) in [4.78, 5) is 9.18. The highest BCUT2D eigenvalue weighted by Gasteiger charge is 2.22. The molecule has 1 atom stereocenters. The molecule has 1 saturated carbocycles. The summed E-state index contributed by atoms with van der Waals surface area (Å²) in [5.74, 6) is 1.57. The van der Waals surface area contributed by atoms with Crippen molar-refractivity contribution in [2.75, 3.05) is 57.4 Å². The fraction of sp³-hybridized carbons (Fsp3) is 0.650. The summed E-state index contributed by atoms with van der Waals surface area (Å²) >= 11 is 6.32. The maximum absolute atomic E-state index is 10.1. The number of benzene rings is 1. The van der Waals surface area contributed by atoms with E-state index in [9.17, 15) is 5.11 Å². The molecule has 150 valence electrons. The normalized spacial score (nSPS) is 19.3. The Labute approximate surface area is 167 Å². The minimum Gasteiger partial charge on any atom is -0.389 e. The molecule has 1 aliphatic carbocycles. The van der Waals surface area contributed by atoms with E-state index in [0.29, 0.717) is 19.1 Å². The Morgan fingerprint density at radius 1 is 1.30 bits per heavy atom. The van der Waals surface area contributed by atoms with Crippen LogP contribution in [0.25, 0.3) is 0 Å². The van der Waals surface area contributed by atoms with Crippen LogP contribution in [0.1, 0.15) is 19.8 Å². The molecule has 1 heterocycles. The van der Waals surface area contributed by atoms with E-state index in [-0.39, 0.29) is 0 Å². The number of aliphatic imine (C=N–C) groups is 1. The summed E-state index contributed by atoms with van der Waals surface area (Å²) in [5.41, 5.74) is 1.09. The van der Waals surface area contributed by atoms with Crippen molar-refractivity contribution in [1.29, 1.82) is 0 Å². The second kappa shape index (κ2) is 10.2. The predicted molar refractivity (Wildman–Crippen MR) is 111 cm³/mol. The summed E-state index contributed by atoms with van der Waals surface area (Å²) < 4.78 is 5.56. The van der Waals surface area contributed by atoms with E-state index in [1.165, 1.54) is 12.8 Å². The number of aliphatic hydroxyl groups is 1. The number of halogens is 1. The zero-order valence-electron chi connectivity index (χ0n) is 16.1. The van der Waals surface area contributed by atoms with E-state index in [2.05, 4.69) is 33.1 Å². The molecule has 1 unspecified atom stereocenters. The summed E-state index contributed by atoms with van der Waals surface area (Å²) in [5, 5.41) is 14.2. The molecule has 2 N–H and O–H groups in total. The van der Waals surface area contributed by atoms with E-state index in [0.717, 1.165) is 56.0 Å². The SMILES string of the molecule is CCNC(=NCC(O)COCC1CC1)N1CCN(c2ccccc2Cl)CC1. The van der Waals surface area contributed by atoms with Gasteiger partial charge in [0.15, 0.2) is 5.96 Å². The van der Waals surface area contributed by atoms with Crippen LogP contribution in [0, 0.1) is 5.92 Å². The molecule has 2 fully saturated rings. The van der Waals surface area contributed by atoms with Crippen LogP contribution in [-0.2, 0) is 4.74 Å². The lowest BCUT2D eigenvalue weighted by molar-refractivity contribution is 0.0367. The highest BCUT2D eigenvalue weighted by molar-refractivity contribution is 6.33. The van der Waals surface area contributed by atoms with E-state index in [4.69, 9.17) is 16.3 Å². The molecule has 0 aromatic heterocycles. The third-order valence-corrected chi connectivity index (χ3v) is 5.24. The minimum atomic E-state index is -0.554. The number of piperazine rings is 1. The lowest BCUT2D eigenvalue weighted by Crippen LogP contribution is -2.52. The van der Waals surface area contributed by atoms with Crippen LogP contribution >= 0.6 is 11.6 Å². The van der Waals surface area contributed by atoms with Crippen molar-refractivity contribution in [1.82, 2.24) is 10.2 Å². The van der Waals surface area contributed by atoms with Crippen molar-refractivity contribution < 1.29 is 9.84 Å². The molecule has 3 rings (SSSR count). The first-order valence-electron chi connectivity index (χ1n) is 9.96. The number of nitrogens with one attached hydrogen (secondary N) is 1. The lowest BCUT2D eigenvalue weighted by Gasteiger charge is -2.38. The van der Waals surface area contributed by atoms with Crippen molar-refractivity contribution in [2.45, 2.75) is 25.9 Å². The van der Waals surface area contributed by atoms with Crippen LogP contribution in [0.4, 0.5) is 5.69 Å². The highest BCUT2D eigenvalue weighted by Crippen LogP contribution is 2.28. The number of nitrogens with zero attached hydrogens (tertiary/aromatic N) is 3. The molecule has 27 heavy (non-hydrogen) atoms. The number of guanidine groups is 1. The average Bonchev–Trinajstić information content (AvgIpc) is 3.50. The molecule has 6 nitrogen and oxygen atoms in total. The van der Waals surface area contributed by atoms with Crippen LogP contribution in [0.5, 0.6) is 0 Å².